The van der Waals surface area contributed by atoms with E-state index in [1.807, 2.05) is 198 Å². The topological polar surface area (TPSA) is 470 Å². The number of carbonyl (C=O) groups excluding carboxylic acids is 1. The van der Waals surface area contributed by atoms with E-state index in [1.165, 1.54) is 72.4 Å². The Hall–Kier alpha value is -16.0. The molecule has 135 heavy (non-hydrogen) atoms. The fraction of sp³-hybridized carbons (Fsp3) is 0.240. The number of fused-ring (bicyclic) bond motifs is 4. The van der Waals surface area contributed by atoms with Crippen LogP contribution in [0.5, 0.6) is 0 Å². The monoisotopic (exact) mass is 1820 g/mol. The van der Waals surface area contributed by atoms with Gasteiger partial charge in [0.25, 0.3) is 0 Å². The van der Waals surface area contributed by atoms with Crippen molar-refractivity contribution in [1.82, 2.24) is 79.7 Å². The fourth-order valence-corrected chi connectivity index (χ4v) is 15.7. The number of nitrogens with one attached hydrogen (secondary N) is 6. The molecule has 0 unspecified atom stereocenters. The van der Waals surface area contributed by atoms with Gasteiger partial charge in [-0.25, -0.2) is 49.5 Å². The molecule has 9 aromatic heterocycles. The Morgan fingerprint density at radius 3 is 1.61 bits per heavy atom. The lowest BCUT2D eigenvalue weighted by Gasteiger charge is -2.39. The molecule has 10 heterocycles. The lowest BCUT2D eigenvalue weighted by Crippen LogP contribution is -2.53. The van der Waals surface area contributed by atoms with Crippen molar-refractivity contribution in [3.05, 3.63) is 281 Å². The Morgan fingerprint density at radius 1 is 0.519 bits per heavy atom. The van der Waals surface area contributed by atoms with Gasteiger partial charge < -0.3 is 80.4 Å². The van der Waals surface area contributed by atoms with E-state index < -0.39 is 11.6 Å². The highest BCUT2D eigenvalue weighted by Gasteiger charge is 2.34. The van der Waals surface area contributed by atoms with Crippen LogP contribution in [0.1, 0.15) is 111 Å². The first-order chi connectivity index (χ1) is 65.2. The maximum absolute atomic E-state index is 12.0. The van der Waals surface area contributed by atoms with Crippen LogP contribution in [0.4, 0.5) is 63.8 Å². The highest BCUT2D eigenvalue weighted by molar-refractivity contribution is 6.30. The summed E-state index contributed by atoms with van der Waals surface area (Å²) in [6.07, 6.45) is 23.6. The largest absolute Gasteiger partial charge is 0.478 e. The highest BCUT2D eigenvalue weighted by atomic mass is 35.5. The molecular formula is C104H109ClN26O4. The molecule has 0 spiro atoms. The Morgan fingerprint density at radius 2 is 1.03 bits per heavy atom. The second-order valence-corrected chi connectivity index (χ2v) is 35.3. The van der Waals surface area contributed by atoms with Crippen LogP contribution < -0.4 is 55.7 Å². The second kappa shape index (κ2) is 42.1. The average molecular weight is 1820 g/mol. The van der Waals surface area contributed by atoms with Crippen LogP contribution in [0.15, 0.2) is 231 Å². The van der Waals surface area contributed by atoms with Gasteiger partial charge in [0, 0.05) is 170 Å². The van der Waals surface area contributed by atoms with Gasteiger partial charge in [-0.1, -0.05) is 140 Å². The number of hydrogen-bond donors (Lipinski definition) is 13. The van der Waals surface area contributed by atoms with E-state index in [0.29, 0.717) is 61.2 Å². The smallest absolute Gasteiger partial charge is 0.410 e. The Labute approximate surface area is 787 Å². The number of ether oxygens (including phenoxy) is 1. The van der Waals surface area contributed by atoms with Crippen LogP contribution in [0, 0.1) is 25.7 Å². The summed E-state index contributed by atoms with van der Waals surface area (Å²) in [6.45, 7) is 14.6. The molecule has 31 heteroatoms. The zero-order valence-electron chi connectivity index (χ0n) is 76.1. The molecular weight excluding hydrogens is 1710 g/mol. The summed E-state index contributed by atoms with van der Waals surface area (Å²) < 4.78 is 5.38. The first-order valence-electron chi connectivity index (χ1n) is 45.2. The Bertz CT molecular complexity index is 6980. The third-order valence-electron chi connectivity index (χ3n) is 23.0. The number of allylic oxidation sites excluding steroid dienone is 1. The standard InChI is InChI=1S/C21H29N5O2.C20H18ClN5.C17H17N3.C16H15N5.C15H15N5.C15H15N3O2/c1-13-7-6-8-16(14(13)2)17-9-18(25-19(22)24-17)23-10-15-11-26(12-15)20(27)28-21(3,4)5;21-14-6-4-13(5-7-14)8-10-24-19-12-18(25-20(22)26-19)15-2-1-3-17-16(15)9-11-23-17;18-17-19-15(8-11-4-5-11)10-16(20-17)14-7-6-12-2-1-3-13(12)9-14;17-16-20-14(9-15(21-16)19-10-6-7-10)12-3-1-5-13-11(12)4-2-8-18-13;16-15-19-13(8-14(20-15)18-9-4-5-9)10-2-1-3-12-11(10)6-7-17-12;1-2-12-9-13(18-15(16)17-12)11-6-3-10(4-7-11)5-8-14(19)20/h6-9,15H,10-12H2,1-5H3,(H3,22,23,24,25);1-7,9,11-12,23H,8,10H2,(H3,22,24,25,26);1,3,6-7,9-11H,2,4-5,8H2,(H2,18,19,20);1-5,8-10H,6-7H2,(H3,17,19,20,21);1-3,6-9,17H,4-5H2,(H3,16,18,19,20);3-9H,2H2,1H3,(H,19,20)(H2,16,17,18)/b;;;;;8-5+. The van der Waals surface area contributed by atoms with Crippen molar-refractivity contribution < 1.29 is 19.4 Å². The zero-order chi connectivity index (χ0) is 94.2. The van der Waals surface area contributed by atoms with Crippen molar-refractivity contribution >= 4 is 127 Å². The number of H-pyrrole nitrogens is 2. The molecule has 1 amide bonds. The van der Waals surface area contributed by atoms with Gasteiger partial charge >= 0.3 is 12.1 Å². The van der Waals surface area contributed by atoms with E-state index in [1.54, 1.807) is 11.1 Å². The molecule has 0 atom stereocenters. The SMILES string of the molecule is CCc1cc(-c2ccc(/C=C/C(=O)O)cc2)nc(N)n1.Cc1cccc(-c2cc(NCC3CN(C(=O)OC(C)(C)C)C3)nc(N)n2)c1C.Nc1nc(CC2CC2)cc(-c2ccc3c(c2)C=CC3)n1.Nc1nc(NC2CC2)cc(-c2cccc3[nH]ccc23)n1.Nc1nc(NC2CC2)cc(-c2cccc3ncccc23)n1.Nc1nc(NCCc2ccc(Cl)cc2)cc(-c2cccc3[nH]ccc23)n1. The summed E-state index contributed by atoms with van der Waals surface area (Å²) in [6, 6.07) is 67.0. The number of nitrogens with two attached hydrogens (primary N) is 6. The number of aromatic nitrogens is 15. The van der Waals surface area contributed by atoms with Gasteiger partial charge in [0.1, 0.15) is 28.9 Å². The van der Waals surface area contributed by atoms with Crippen molar-refractivity contribution in [2.24, 2.45) is 11.8 Å². The van der Waals surface area contributed by atoms with Crippen molar-refractivity contribution in [2.75, 3.05) is 81.8 Å². The molecule has 4 aliphatic carbocycles. The van der Waals surface area contributed by atoms with E-state index in [0.717, 1.165) is 178 Å². The molecule has 1 aliphatic heterocycles. The fourth-order valence-electron chi connectivity index (χ4n) is 15.6. The molecule has 21 rings (SSSR count). The van der Waals surface area contributed by atoms with Crippen LogP contribution in [0.25, 0.3) is 112 Å². The summed E-state index contributed by atoms with van der Waals surface area (Å²) in [5.74, 6) is 4.93. The van der Waals surface area contributed by atoms with E-state index in [4.69, 9.17) is 55.8 Å². The zero-order valence-corrected chi connectivity index (χ0v) is 76.8. The molecule has 3 saturated carbocycles. The van der Waals surface area contributed by atoms with E-state index in [2.05, 4.69) is 164 Å². The number of rotatable bonds is 22. The minimum atomic E-state index is -0.967. The molecule has 1 saturated heterocycles. The number of amides is 1. The molecule has 16 aromatic rings. The van der Waals surface area contributed by atoms with Crippen LogP contribution in [-0.2, 0) is 35.2 Å². The number of aromatic amines is 2. The van der Waals surface area contributed by atoms with Gasteiger partial charge in [0.05, 0.1) is 39.7 Å². The predicted molar refractivity (Wildman–Crippen MR) is 542 cm³/mol. The van der Waals surface area contributed by atoms with E-state index in [-0.39, 0.29) is 29.9 Å². The van der Waals surface area contributed by atoms with Gasteiger partial charge in [0.2, 0.25) is 35.7 Å². The van der Waals surface area contributed by atoms with Crippen LogP contribution in [-0.4, -0.2) is 141 Å². The lowest BCUT2D eigenvalue weighted by molar-refractivity contribution is -0.131. The number of nitrogen functional groups attached to an aromatic ring is 6. The van der Waals surface area contributed by atoms with Crippen LogP contribution >= 0.6 is 11.6 Å². The lowest BCUT2D eigenvalue weighted by atomic mass is 10.00. The molecule has 0 bridgehead atoms. The van der Waals surface area contributed by atoms with Crippen LogP contribution in [0.2, 0.25) is 5.02 Å². The number of aryl methyl sites for hydroxylation is 2. The predicted octanol–water partition coefficient (Wildman–Crippen LogP) is 19.4. The number of hydrogen-bond acceptors (Lipinski definition) is 26. The third-order valence-corrected chi connectivity index (χ3v) is 23.3. The maximum Gasteiger partial charge on any atom is 0.410 e. The quantitative estimate of drug-likeness (QED) is 0.0280. The van der Waals surface area contributed by atoms with Crippen molar-refractivity contribution in [1.29, 1.82) is 0 Å². The number of halogens is 1. The number of anilines is 10. The Balaban J connectivity index is 0.000000118. The second-order valence-electron chi connectivity index (χ2n) is 34.9. The molecule has 686 valence electrons. The molecule has 19 N–H and O–H groups in total. The summed E-state index contributed by atoms with van der Waals surface area (Å²) in [5, 5.41) is 26.0. The molecule has 7 aromatic carbocycles. The molecule has 4 fully saturated rings. The third kappa shape index (κ3) is 25.4. The van der Waals surface area contributed by atoms with Gasteiger partial charge in [-0.2, -0.15) is 19.9 Å². The number of pyridine rings is 1. The van der Waals surface area contributed by atoms with Crippen molar-refractivity contribution in [3.8, 4) is 67.5 Å². The van der Waals surface area contributed by atoms with Crippen molar-refractivity contribution in [3.63, 3.8) is 0 Å². The first-order valence-corrected chi connectivity index (χ1v) is 45.6. The Kier molecular flexibility index (Phi) is 28.8. The number of benzene rings is 7. The number of carboxylic acids is 1. The van der Waals surface area contributed by atoms with E-state index in [9.17, 15) is 9.59 Å². The first kappa shape index (κ1) is 92.3. The number of likely N-dealkylation sites (tertiary alicyclic amines) is 1. The van der Waals surface area contributed by atoms with Gasteiger partial charge in [-0.3, -0.25) is 4.98 Å². The average Bonchev–Trinajstić information content (AvgIpc) is 1.69. The summed E-state index contributed by atoms with van der Waals surface area (Å²) in [7, 11) is 0. The van der Waals surface area contributed by atoms with E-state index >= 15 is 0 Å². The summed E-state index contributed by atoms with van der Waals surface area (Å²) in [4.78, 5) is 86.8. The number of aliphatic carboxylic acids is 1. The normalized spacial score (nSPS) is 13.5. The number of carbonyl (C=O) groups is 2. The summed E-state index contributed by atoms with van der Waals surface area (Å²) in [5.41, 5.74) is 58.0. The van der Waals surface area contributed by atoms with Crippen molar-refractivity contribution in [2.45, 2.75) is 123 Å². The number of carboxylic acid groups (broad SMARTS) is 1. The molecule has 0 radical (unpaired) electrons. The van der Waals surface area contributed by atoms with Gasteiger partial charge in [-0.05, 0) is 211 Å². The summed E-state index contributed by atoms with van der Waals surface area (Å²) >= 11 is 5.92. The van der Waals surface area contributed by atoms with Gasteiger partial charge in [-0.15, -0.1) is 0 Å². The number of nitrogens with zero attached hydrogens (tertiary/aromatic N) is 14. The molecule has 5 aliphatic rings. The maximum atomic E-state index is 12.0. The molecule has 30 nitrogen and oxygen atoms in total. The minimum Gasteiger partial charge on any atom is -0.478 e. The van der Waals surface area contributed by atoms with Gasteiger partial charge in [0.15, 0.2) is 0 Å². The van der Waals surface area contributed by atoms with Crippen LogP contribution in [0.3, 0.4) is 0 Å². The minimum absolute atomic E-state index is 0.241. The highest BCUT2D eigenvalue weighted by Crippen LogP contribution is 2.38.